The Hall–Kier alpha value is -2.60. The van der Waals surface area contributed by atoms with Crippen LogP contribution in [0.3, 0.4) is 0 Å². The monoisotopic (exact) mass is 338 g/mol. The Morgan fingerprint density at radius 2 is 1.62 bits per heavy atom. The molecule has 0 radical (unpaired) electrons. The van der Waals surface area contributed by atoms with Gasteiger partial charge in [-0.3, -0.25) is 14.8 Å². The average molecular weight is 338 g/mol. The number of amides is 1. The first-order chi connectivity index (χ1) is 11.7. The van der Waals surface area contributed by atoms with E-state index >= 15 is 0 Å². The molecule has 0 aliphatic carbocycles. The van der Waals surface area contributed by atoms with Crippen molar-refractivity contribution < 1.29 is 4.79 Å². The van der Waals surface area contributed by atoms with E-state index < -0.39 is 0 Å². The first-order valence-electron chi connectivity index (χ1n) is 7.74. The standard InChI is InChI=1S/C18H18N4OS/c1-13-17(18(23)21-12-15-6-10-20-11-7-15)24-16(22-13)3-2-14-4-8-19-9-5-14/h4-11H,2-3,12H2,1H3,(H,21,23). The minimum atomic E-state index is -0.0722. The van der Waals surface area contributed by atoms with Crippen LogP contribution in [0, 0.1) is 6.92 Å². The maximum Gasteiger partial charge on any atom is 0.263 e. The number of nitrogens with zero attached hydrogens (tertiary/aromatic N) is 3. The van der Waals surface area contributed by atoms with Crippen LogP contribution in [0.1, 0.15) is 31.5 Å². The quantitative estimate of drug-likeness (QED) is 0.750. The van der Waals surface area contributed by atoms with Gasteiger partial charge in [0.25, 0.3) is 5.91 Å². The SMILES string of the molecule is Cc1nc(CCc2ccncc2)sc1C(=O)NCc1ccncc1. The van der Waals surface area contributed by atoms with E-state index in [4.69, 9.17) is 0 Å². The molecule has 3 aromatic heterocycles. The number of carbonyl (C=O) groups excluding carboxylic acids is 1. The molecule has 1 amide bonds. The molecule has 3 aromatic rings. The molecule has 0 bridgehead atoms. The van der Waals surface area contributed by atoms with E-state index in [9.17, 15) is 4.79 Å². The lowest BCUT2D eigenvalue weighted by Gasteiger charge is -2.03. The predicted molar refractivity (Wildman–Crippen MR) is 93.9 cm³/mol. The van der Waals surface area contributed by atoms with Gasteiger partial charge in [-0.1, -0.05) is 0 Å². The summed E-state index contributed by atoms with van der Waals surface area (Å²) < 4.78 is 0. The smallest absolute Gasteiger partial charge is 0.263 e. The molecule has 24 heavy (non-hydrogen) atoms. The average Bonchev–Trinajstić information content (AvgIpc) is 3.00. The number of carbonyl (C=O) groups is 1. The van der Waals surface area contributed by atoms with Gasteiger partial charge in [0, 0.05) is 37.8 Å². The van der Waals surface area contributed by atoms with E-state index in [2.05, 4.69) is 20.3 Å². The fraction of sp³-hybridized carbons (Fsp3) is 0.222. The van der Waals surface area contributed by atoms with Crippen LogP contribution in [0.4, 0.5) is 0 Å². The second kappa shape index (κ2) is 7.79. The Morgan fingerprint density at radius 3 is 2.29 bits per heavy atom. The van der Waals surface area contributed by atoms with Crippen LogP contribution < -0.4 is 5.32 Å². The lowest BCUT2D eigenvalue weighted by Crippen LogP contribution is -2.22. The molecule has 0 aliphatic rings. The maximum atomic E-state index is 12.4. The van der Waals surface area contributed by atoms with Crippen molar-refractivity contribution in [3.63, 3.8) is 0 Å². The van der Waals surface area contributed by atoms with Crippen LogP contribution in [-0.2, 0) is 19.4 Å². The summed E-state index contributed by atoms with van der Waals surface area (Å²) in [6.45, 7) is 2.37. The number of pyridine rings is 2. The van der Waals surface area contributed by atoms with Crippen molar-refractivity contribution in [3.8, 4) is 0 Å². The van der Waals surface area contributed by atoms with Gasteiger partial charge in [0.15, 0.2) is 0 Å². The summed E-state index contributed by atoms with van der Waals surface area (Å²) in [5.74, 6) is -0.0722. The molecule has 0 unspecified atom stereocenters. The zero-order valence-electron chi connectivity index (χ0n) is 13.4. The molecule has 0 saturated carbocycles. The molecular formula is C18H18N4OS. The van der Waals surface area contributed by atoms with Gasteiger partial charge in [-0.25, -0.2) is 4.98 Å². The first kappa shape index (κ1) is 16.3. The van der Waals surface area contributed by atoms with E-state index in [1.807, 2.05) is 31.2 Å². The highest BCUT2D eigenvalue weighted by Gasteiger charge is 2.15. The molecule has 0 atom stereocenters. The second-order valence-corrected chi connectivity index (χ2v) is 6.50. The molecule has 5 nitrogen and oxygen atoms in total. The van der Waals surface area contributed by atoms with Gasteiger partial charge in [0.1, 0.15) is 4.88 Å². The fourth-order valence-corrected chi connectivity index (χ4v) is 3.31. The van der Waals surface area contributed by atoms with Crippen LogP contribution in [0.2, 0.25) is 0 Å². The van der Waals surface area contributed by atoms with Crippen molar-refractivity contribution in [3.05, 3.63) is 75.8 Å². The maximum absolute atomic E-state index is 12.4. The third-order valence-electron chi connectivity index (χ3n) is 3.63. The van der Waals surface area contributed by atoms with Crippen LogP contribution in [-0.4, -0.2) is 20.9 Å². The van der Waals surface area contributed by atoms with Crippen molar-refractivity contribution in [1.82, 2.24) is 20.3 Å². The van der Waals surface area contributed by atoms with Gasteiger partial charge in [-0.2, -0.15) is 0 Å². The molecule has 122 valence electrons. The zero-order valence-corrected chi connectivity index (χ0v) is 14.2. The van der Waals surface area contributed by atoms with Crippen molar-refractivity contribution in [1.29, 1.82) is 0 Å². The lowest BCUT2D eigenvalue weighted by atomic mass is 10.1. The topological polar surface area (TPSA) is 67.8 Å². The fourth-order valence-electron chi connectivity index (χ4n) is 2.33. The third-order valence-corrected chi connectivity index (χ3v) is 4.84. The van der Waals surface area contributed by atoms with Gasteiger partial charge in [0.05, 0.1) is 10.7 Å². The summed E-state index contributed by atoms with van der Waals surface area (Å²) >= 11 is 1.47. The normalized spacial score (nSPS) is 10.5. The summed E-state index contributed by atoms with van der Waals surface area (Å²) in [5.41, 5.74) is 3.04. The molecule has 0 saturated heterocycles. The molecule has 0 aromatic carbocycles. The highest BCUT2D eigenvalue weighted by atomic mass is 32.1. The Kier molecular flexibility index (Phi) is 5.28. The number of hydrogen-bond donors (Lipinski definition) is 1. The minimum Gasteiger partial charge on any atom is -0.347 e. The van der Waals surface area contributed by atoms with Gasteiger partial charge < -0.3 is 5.32 Å². The van der Waals surface area contributed by atoms with E-state index in [-0.39, 0.29) is 5.91 Å². The van der Waals surface area contributed by atoms with Gasteiger partial charge in [-0.05, 0) is 48.7 Å². The van der Waals surface area contributed by atoms with Crippen LogP contribution in [0.25, 0.3) is 0 Å². The van der Waals surface area contributed by atoms with Crippen LogP contribution >= 0.6 is 11.3 Å². The van der Waals surface area contributed by atoms with E-state index in [1.54, 1.807) is 24.8 Å². The van der Waals surface area contributed by atoms with E-state index in [0.29, 0.717) is 11.4 Å². The number of hydrogen-bond acceptors (Lipinski definition) is 5. The first-order valence-corrected chi connectivity index (χ1v) is 8.56. The summed E-state index contributed by atoms with van der Waals surface area (Å²) in [7, 11) is 0. The molecular weight excluding hydrogens is 320 g/mol. The van der Waals surface area contributed by atoms with Gasteiger partial charge in [0.2, 0.25) is 0 Å². The Morgan fingerprint density at radius 1 is 1.00 bits per heavy atom. The molecule has 0 spiro atoms. The zero-order chi connectivity index (χ0) is 16.8. The number of rotatable bonds is 6. The Balaban J connectivity index is 1.59. The van der Waals surface area contributed by atoms with Gasteiger partial charge in [-0.15, -0.1) is 11.3 Å². The van der Waals surface area contributed by atoms with E-state index in [0.717, 1.165) is 29.1 Å². The molecule has 0 aliphatic heterocycles. The summed E-state index contributed by atoms with van der Waals surface area (Å²) in [6, 6.07) is 7.78. The Bertz CT molecular complexity index is 802. The largest absolute Gasteiger partial charge is 0.347 e. The van der Waals surface area contributed by atoms with Crippen molar-refractivity contribution in [2.75, 3.05) is 0 Å². The molecule has 0 fully saturated rings. The number of nitrogens with one attached hydrogen (secondary N) is 1. The highest BCUT2D eigenvalue weighted by Crippen LogP contribution is 2.19. The number of thiazole rings is 1. The molecule has 6 heteroatoms. The van der Waals surface area contributed by atoms with Crippen molar-refractivity contribution in [2.24, 2.45) is 0 Å². The summed E-state index contributed by atoms with van der Waals surface area (Å²) in [4.78, 5) is 25.6. The van der Waals surface area contributed by atoms with Crippen molar-refractivity contribution in [2.45, 2.75) is 26.3 Å². The molecule has 3 rings (SSSR count). The van der Waals surface area contributed by atoms with Crippen LogP contribution in [0.15, 0.2) is 49.1 Å². The Labute approximate surface area is 144 Å². The predicted octanol–water partition coefficient (Wildman–Crippen LogP) is 2.96. The third kappa shape index (κ3) is 4.23. The summed E-state index contributed by atoms with van der Waals surface area (Å²) in [5, 5.41) is 3.92. The van der Waals surface area contributed by atoms with Gasteiger partial charge >= 0.3 is 0 Å². The lowest BCUT2D eigenvalue weighted by molar-refractivity contribution is 0.0954. The number of aryl methyl sites for hydroxylation is 3. The number of aromatic nitrogens is 3. The van der Waals surface area contributed by atoms with Crippen molar-refractivity contribution >= 4 is 17.2 Å². The second-order valence-electron chi connectivity index (χ2n) is 5.42. The van der Waals surface area contributed by atoms with Crippen LogP contribution in [0.5, 0.6) is 0 Å². The molecule has 3 heterocycles. The van der Waals surface area contributed by atoms with E-state index in [1.165, 1.54) is 16.9 Å². The highest BCUT2D eigenvalue weighted by molar-refractivity contribution is 7.13. The molecule has 1 N–H and O–H groups in total. The minimum absolute atomic E-state index is 0.0722. The summed E-state index contributed by atoms with van der Waals surface area (Å²) in [6.07, 6.45) is 8.74.